The third-order valence-corrected chi connectivity index (χ3v) is 3.55. The van der Waals surface area contributed by atoms with Crippen molar-refractivity contribution < 1.29 is 4.79 Å². The molecule has 0 aliphatic rings. The molecule has 2 nitrogen and oxygen atoms in total. The van der Waals surface area contributed by atoms with Crippen LogP contribution in [-0.2, 0) is 0 Å². The standard InChI is InChI=1S/C17H19NO/c1-11-9-13(3)15(10-12(11)2)17(19)16(18)14-7-5-4-6-8-14/h4-10,16H,18H2,1-3H3/t16-/m1/s1. The molecule has 98 valence electrons. The summed E-state index contributed by atoms with van der Waals surface area (Å²) in [6.45, 7) is 6.02. The van der Waals surface area contributed by atoms with Crippen LogP contribution in [0.15, 0.2) is 42.5 Å². The van der Waals surface area contributed by atoms with Crippen molar-refractivity contribution in [1.29, 1.82) is 0 Å². The molecule has 0 heterocycles. The lowest BCUT2D eigenvalue weighted by Crippen LogP contribution is -2.22. The predicted molar refractivity (Wildman–Crippen MR) is 78.4 cm³/mol. The van der Waals surface area contributed by atoms with Crippen LogP contribution in [0.5, 0.6) is 0 Å². The maximum absolute atomic E-state index is 12.5. The Morgan fingerprint density at radius 1 is 0.947 bits per heavy atom. The van der Waals surface area contributed by atoms with Gasteiger partial charge in [-0.1, -0.05) is 36.4 Å². The third kappa shape index (κ3) is 2.74. The predicted octanol–water partition coefficient (Wildman–Crippen LogP) is 3.49. The van der Waals surface area contributed by atoms with Gasteiger partial charge in [0.1, 0.15) is 0 Å². The number of aryl methyl sites for hydroxylation is 3. The van der Waals surface area contributed by atoms with Crippen molar-refractivity contribution in [2.75, 3.05) is 0 Å². The first kappa shape index (κ1) is 13.5. The fourth-order valence-electron chi connectivity index (χ4n) is 2.21. The summed E-state index contributed by atoms with van der Waals surface area (Å²) in [6.07, 6.45) is 0. The van der Waals surface area contributed by atoms with Gasteiger partial charge in [0.05, 0.1) is 6.04 Å². The van der Waals surface area contributed by atoms with Crippen LogP contribution in [0.25, 0.3) is 0 Å². The second-order valence-corrected chi connectivity index (χ2v) is 5.00. The second-order valence-electron chi connectivity index (χ2n) is 5.00. The van der Waals surface area contributed by atoms with Crippen molar-refractivity contribution in [3.8, 4) is 0 Å². The van der Waals surface area contributed by atoms with E-state index in [1.165, 1.54) is 5.56 Å². The first-order chi connectivity index (χ1) is 9.00. The molecule has 1 atom stereocenters. The van der Waals surface area contributed by atoms with E-state index < -0.39 is 6.04 Å². The Kier molecular flexibility index (Phi) is 3.82. The SMILES string of the molecule is Cc1cc(C)c(C(=O)[C@H](N)c2ccccc2)cc1C. The highest BCUT2D eigenvalue weighted by molar-refractivity contribution is 6.01. The summed E-state index contributed by atoms with van der Waals surface area (Å²) < 4.78 is 0. The Bertz CT molecular complexity index is 602. The molecule has 0 fully saturated rings. The van der Waals surface area contributed by atoms with E-state index in [1.807, 2.05) is 63.2 Å². The number of ketones is 1. The molecule has 2 heteroatoms. The number of rotatable bonds is 3. The zero-order valence-corrected chi connectivity index (χ0v) is 11.6. The van der Waals surface area contributed by atoms with E-state index in [-0.39, 0.29) is 5.78 Å². The molecule has 0 aliphatic carbocycles. The Balaban J connectivity index is 2.37. The van der Waals surface area contributed by atoms with Crippen molar-refractivity contribution in [3.63, 3.8) is 0 Å². The van der Waals surface area contributed by atoms with Gasteiger partial charge in [0, 0.05) is 5.56 Å². The monoisotopic (exact) mass is 253 g/mol. The average molecular weight is 253 g/mol. The lowest BCUT2D eigenvalue weighted by atomic mass is 9.92. The molecule has 0 spiro atoms. The molecule has 19 heavy (non-hydrogen) atoms. The molecule has 0 aliphatic heterocycles. The fourth-order valence-corrected chi connectivity index (χ4v) is 2.21. The number of nitrogens with two attached hydrogens (primary N) is 1. The summed E-state index contributed by atoms with van der Waals surface area (Å²) in [5.41, 5.74) is 11.0. The van der Waals surface area contributed by atoms with E-state index in [0.717, 1.165) is 22.3 Å². The van der Waals surface area contributed by atoms with Crippen LogP contribution in [0.1, 0.15) is 38.7 Å². The molecule has 0 saturated heterocycles. The van der Waals surface area contributed by atoms with E-state index in [1.54, 1.807) is 0 Å². The van der Waals surface area contributed by atoms with E-state index in [9.17, 15) is 4.79 Å². The van der Waals surface area contributed by atoms with Gasteiger partial charge in [-0.15, -0.1) is 0 Å². The van der Waals surface area contributed by atoms with E-state index in [2.05, 4.69) is 0 Å². The summed E-state index contributed by atoms with van der Waals surface area (Å²) >= 11 is 0. The summed E-state index contributed by atoms with van der Waals surface area (Å²) in [5.74, 6) is -0.0215. The van der Waals surface area contributed by atoms with Gasteiger partial charge in [-0.3, -0.25) is 4.79 Å². The van der Waals surface area contributed by atoms with Crippen molar-refractivity contribution in [1.82, 2.24) is 0 Å². The molecular formula is C17H19NO. The van der Waals surface area contributed by atoms with Crippen molar-refractivity contribution in [2.45, 2.75) is 26.8 Å². The van der Waals surface area contributed by atoms with Gasteiger partial charge in [-0.2, -0.15) is 0 Å². The van der Waals surface area contributed by atoms with Gasteiger partial charge < -0.3 is 5.73 Å². The largest absolute Gasteiger partial charge is 0.318 e. The highest BCUT2D eigenvalue weighted by Gasteiger charge is 2.19. The van der Waals surface area contributed by atoms with Crippen molar-refractivity contribution >= 4 is 5.78 Å². The maximum Gasteiger partial charge on any atom is 0.184 e. The van der Waals surface area contributed by atoms with Crippen LogP contribution in [-0.4, -0.2) is 5.78 Å². The van der Waals surface area contributed by atoms with Crippen molar-refractivity contribution in [3.05, 3.63) is 70.3 Å². The molecule has 0 radical (unpaired) electrons. The number of benzene rings is 2. The van der Waals surface area contributed by atoms with Crippen LogP contribution < -0.4 is 5.73 Å². The zero-order valence-electron chi connectivity index (χ0n) is 11.6. The Labute approximate surface area is 114 Å². The molecule has 2 N–H and O–H groups in total. The van der Waals surface area contributed by atoms with Crippen molar-refractivity contribution in [2.24, 2.45) is 5.73 Å². The van der Waals surface area contributed by atoms with Gasteiger partial charge in [0.2, 0.25) is 0 Å². The molecule has 2 rings (SSSR count). The maximum atomic E-state index is 12.5. The average Bonchev–Trinajstić information content (AvgIpc) is 2.42. The Morgan fingerprint density at radius 2 is 1.53 bits per heavy atom. The highest BCUT2D eigenvalue weighted by atomic mass is 16.1. The molecule has 0 saturated carbocycles. The summed E-state index contributed by atoms with van der Waals surface area (Å²) in [6, 6.07) is 12.9. The lowest BCUT2D eigenvalue weighted by Gasteiger charge is -2.14. The lowest BCUT2D eigenvalue weighted by molar-refractivity contribution is 0.0960. The fraction of sp³-hybridized carbons (Fsp3) is 0.235. The van der Waals surface area contributed by atoms with Gasteiger partial charge in [0.15, 0.2) is 5.78 Å². The molecule has 2 aromatic carbocycles. The minimum Gasteiger partial charge on any atom is -0.318 e. The smallest absolute Gasteiger partial charge is 0.184 e. The molecule has 0 amide bonds. The second kappa shape index (κ2) is 5.37. The molecule has 0 bridgehead atoms. The van der Waals surface area contributed by atoms with E-state index in [4.69, 9.17) is 5.73 Å². The van der Waals surface area contributed by atoms with E-state index >= 15 is 0 Å². The minimum atomic E-state index is -0.595. The molecule has 0 unspecified atom stereocenters. The van der Waals surface area contributed by atoms with Crippen LogP contribution in [0.3, 0.4) is 0 Å². The summed E-state index contributed by atoms with van der Waals surface area (Å²) in [7, 11) is 0. The number of carbonyl (C=O) groups excluding carboxylic acids is 1. The molecule has 0 aromatic heterocycles. The van der Waals surface area contributed by atoms with Crippen LogP contribution in [0.2, 0.25) is 0 Å². The molecule has 2 aromatic rings. The van der Waals surface area contributed by atoms with Crippen LogP contribution in [0, 0.1) is 20.8 Å². The quantitative estimate of drug-likeness (QED) is 0.851. The van der Waals surface area contributed by atoms with Gasteiger partial charge >= 0.3 is 0 Å². The number of Topliss-reactive ketones (excluding diaryl/α,β-unsaturated/α-hetero) is 1. The zero-order chi connectivity index (χ0) is 14.0. The Hall–Kier alpha value is -1.93. The first-order valence-corrected chi connectivity index (χ1v) is 6.43. The summed E-state index contributed by atoms with van der Waals surface area (Å²) in [4.78, 5) is 12.5. The normalized spacial score (nSPS) is 12.2. The minimum absolute atomic E-state index is 0.0215. The summed E-state index contributed by atoms with van der Waals surface area (Å²) in [5, 5.41) is 0. The number of carbonyl (C=O) groups is 1. The number of hydrogen-bond donors (Lipinski definition) is 1. The topological polar surface area (TPSA) is 43.1 Å². The van der Waals surface area contributed by atoms with Crippen LogP contribution in [0.4, 0.5) is 0 Å². The Morgan fingerprint density at radius 3 is 2.16 bits per heavy atom. The highest BCUT2D eigenvalue weighted by Crippen LogP contribution is 2.21. The van der Waals surface area contributed by atoms with Gasteiger partial charge in [-0.25, -0.2) is 0 Å². The van der Waals surface area contributed by atoms with Gasteiger partial charge in [0.25, 0.3) is 0 Å². The number of hydrogen-bond acceptors (Lipinski definition) is 2. The molecular weight excluding hydrogens is 234 g/mol. The first-order valence-electron chi connectivity index (χ1n) is 6.43. The van der Waals surface area contributed by atoms with E-state index in [0.29, 0.717) is 0 Å². The van der Waals surface area contributed by atoms with Gasteiger partial charge in [-0.05, 0) is 49.1 Å². The van der Waals surface area contributed by atoms with Crippen LogP contribution >= 0.6 is 0 Å². The third-order valence-electron chi connectivity index (χ3n) is 3.55.